The largest absolute Gasteiger partial charge is 0.415 e. The molecule has 1 aromatic carbocycles. The summed E-state index contributed by atoms with van der Waals surface area (Å²) in [5, 5.41) is 0.0865. The Hall–Kier alpha value is -1.53. The lowest BCUT2D eigenvalue weighted by atomic mass is 10.1. The third-order valence-corrected chi connectivity index (χ3v) is 9.96. The van der Waals surface area contributed by atoms with Crippen LogP contribution < -0.4 is 0 Å². The van der Waals surface area contributed by atoms with Gasteiger partial charge in [-0.1, -0.05) is 39.0 Å². The molecule has 0 aliphatic carbocycles. The highest BCUT2D eigenvalue weighted by atomic mass is 28.4. The van der Waals surface area contributed by atoms with E-state index in [1.54, 1.807) is 18.0 Å². The molecule has 0 saturated heterocycles. The Balaban J connectivity index is 2.73. The van der Waals surface area contributed by atoms with Crippen LogP contribution in [0.3, 0.4) is 0 Å². The van der Waals surface area contributed by atoms with Crippen LogP contribution in [-0.4, -0.2) is 38.8 Å². The van der Waals surface area contributed by atoms with E-state index >= 15 is 0 Å². The highest BCUT2D eigenvalue weighted by Crippen LogP contribution is 2.36. The summed E-state index contributed by atoms with van der Waals surface area (Å²) >= 11 is 0. The topological polar surface area (TPSA) is 29.5 Å². The highest BCUT2D eigenvalue weighted by Gasteiger charge is 2.38. The molecule has 0 spiro atoms. The van der Waals surface area contributed by atoms with Gasteiger partial charge < -0.3 is 9.33 Å². The van der Waals surface area contributed by atoms with Crippen LogP contribution in [0.5, 0.6) is 0 Å². The summed E-state index contributed by atoms with van der Waals surface area (Å²) in [6, 6.07) is 3.91. The van der Waals surface area contributed by atoms with Crippen molar-refractivity contribution in [1.29, 1.82) is 0 Å². The summed E-state index contributed by atoms with van der Waals surface area (Å²) in [7, 11) is -0.196. The molecule has 0 heterocycles. The minimum atomic E-state index is -1.93. The fourth-order valence-corrected chi connectivity index (χ4v) is 3.46. The molecule has 0 bridgehead atoms. The number of benzene rings is 1. The van der Waals surface area contributed by atoms with Crippen molar-refractivity contribution in [3.8, 4) is 0 Å². The Kier molecular flexibility index (Phi) is 8.36. The maximum atomic E-state index is 13.8. The lowest BCUT2D eigenvalue weighted by molar-refractivity contribution is -0.132. The third-order valence-electron chi connectivity index (χ3n) is 5.46. The number of aryl methyl sites for hydroxylation is 1. The van der Waals surface area contributed by atoms with Gasteiger partial charge >= 0.3 is 0 Å². The molecule has 152 valence electrons. The smallest absolute Gasteiger partial charge is 0.222 e. The molecule has 0 saturated carbocycles. The van der Waals surface area contributed by atoms with E-state index in [-0.39, 0.29) is 35.4 Å². The fourth-order valence-electron chi connectivity index (χ4n) is 2.41. The standard InChI is InChI=1S/C21H33F2NO2Si/c1-8-10-17(15-26-27(6,7)21(2,3)4)24(5)19(25)14-13-16-11-9-12-18(22)20(16)23/h8-9,11-12,17H,1,10,13-15H2,2-7H3/t17-/m0/s1. The van der Waals surface area contributed by atoms with Crippen molar-refractivity contribution >= 4 is 14.2 Å². The first kappa shape index (κ1) is 23.5. The maximum Gasteiger partial charge on any atom is 0.222 e. The molecule has 0 aromatic heterocycles. The van der Waals surface area contributed by atoms with Gasteiger partial charge in [-0.05, 0) is 42.6 Å². The maximum absolute atomic E-state index is 13.8. The van der Waals surface area contributed by atoms with Gasteiger partial charge in [-0.15, -0.1) is 6.58 Å². The van der Waals surface area contributed by atoms with E-state index in [9.17, 15) is 13.6 Å². The summed E-state index contributed by atoms with van der Waals surface area (Å²) in [5.74, 6) is -1.89. The van der Waals surface area contributed by atoms with Crippen LogP contribution >= 0.6 is 0 Å². The summed E-state index contributed by atoms with van der Waals surface area (Å²) < 4.78 is 33.3. The van der Waals surface area contributed by atoms with Crippen LogP contribution in [0.25, 0.3) is 0 Å². The van der Waals surface area contributed by atoms with Crippen molar-refractivity contribution in [3.63, 3.8) is 0 Å². The van der Waals surface area contributed by atoms with E-state index in [2.05, 4.69) is 40.4 Å². The third kappa shape index (κ3) is 6.54. The first-order valence-corrected chi connectivity index (χ1v) is 12.2. The summed E-state index contributed by atoms with van der Waals surface area (Å²) in [5.41, 5.74) is 0.217. The number of hydrogen-bond donors (Lipinski definition) is 0. The molecular formula is C21H33F2NO2Si. The van der Waals surface area contributed by atoms with Crippen LogP contribution in [0, 0.1) is 11.6 Å². The first-order valence-electron chi connectivity index (χ1n) is 9.34. The molecule has 1 aromatic rings. The number of carbonyl (C=O) groups excluding carboxylic acids is 1. The monoisotopic (exact) mass is 397 g/mol. The summed E-state index contributed by atoms with van der Waals surface area (Å²) in [6.45, 7) is 15.1. The van der Waals surface area contributed by atoms with E-state index < -0.39 is 20.0 Å². The molecule has 1 amide bonds. The molecule has 1 rings (SSSR count). The van der Waals surface area contributed by atoms with Crippen LogP contribution in [0.2, 0.25) is 18.1 Å². The average molecular weight is 398 g/mol. The zero-order valence-corrected chi connectivity index (χ0v) is 18.4. The number of hydrogen-bond acceptors (Lipinski definition) is 2. The molecular weight excluding hydrogens is 364 g/mol. The number of amides is 1. The molecule has 6 heteroatoms. The molecule has 27 heavy (non-hydrogen) atoms. The second-order valence-corrected chi connectivity index (χ2v) is 13.3. The quantitative estimate of drug-likeness (QED) is 0.417. The second-order valence-electron chi connectivity index (χ2n) is 8.47. The number of halogens is 2. The van der Waals surface area contributed by atoms with Crippen molar-refractivity contribution in [2.24, 2.45) is 0 Å². The van der Waals surface area contributed by atoms with Gasteiger partial charge in [0.25, 0.3) is 0 Å². The van der Waals surface area contributed by atoms with E-state index in [0.29, 0.717) is 13.0 Å². The van der Waals surface area contributed by atoms with Gasteiger partial charge in [-0.2, -0.15) is 0 Å². The average Bonchev–Trinajstić information content (AvgIpc) is 2.58. The Labute approximate surface area is 163 Å². The van der Waals surface area contributed by atoms with Crippen molar-refractivity contribution in [1.82, 2.24) is 4.90 Å². The Bertz CT molecular complexity index is 656. The van der Waals surface area contributed by atoms with Crippen LogP contribution in [-0.2, 0) is 15.6 Å². The normalized spacial score (nSPS) is 13.3. The predicted molar refractivity (Wildman–Crippen MR) is 109 cm³/mol. The lowest BCUT2D eigenvalue weighted by Crippen LogP contribution is -2.46. The minimum absolute atomic E-state index is 0.0865. The van der Waals surface area contributed by atoms with E-state index in [4.69, 9.17) is 4.43 Å². The van der Waals surface area contributed by atoms with Crippen molar-refractivity contribution in [2.75, 3.05) is 13.7 Å². The van der Waals surface area contributed by atoms with Gasteiger partial charge in [0.1, 0.15) is 0 Å². The first-order chi connectivity index (χ1) is 12.4. The Morgan fingerprint density at radius 3 is 2.52 bits per heavy atom. The van der Waals surface area contributed by atoms with Crippen molar-refractivity contribution < 1.29 is 18.0 Å². The zero-order chi connectivity index (χ0) is 20.8. The van der Waals surface area contributed by atoms with E-state index in [0.717, 1.165) is 6.07 Å². The highest BCUT2D eigenvalue weighted by molar-refractivity contribution is 6.74. The molecule has 0 fully saturated rings. The summed E-state index contributed by atoms with van der Waals surface area (Å²) in [4.78, 5) is 14.2. The zero-order valence-electron chi connectivity index (χ0n) is 17.4. The van der Waals surface area contributed by atoms with Crippen LogP contribution in [0.15, 0.2) is 30.9 Å². The minimum Gasteiger partial charge on any atom is -0.415 e. The Morgan fingerprint density at radius 1 is 1.33 bits per heavy atom. The number of carbonyl (C=O) groups is 1. The molecule has 0 unspecified atom stereocenters. The van der Waals surface area contributed by atoms with E-state index in [1.807, 2.05) is 0 Å². The van der Waals surface area contributed by atoms with E-state index in [1.165, 1.54) is 12.1 Å². The molecule has 0 radical (unpaired) electrons. The molecule has 1 atom stereocenters. The Morgan fingerprint density at radius 2 is 1.96 bits per heavy atom. The SMILES string of the molecule is C=CC[C@@H](CO[Si](C)(C)C(C)(C)C)N(C)C(=O)CCc1cccc(F)c1F. The molecule has 0 N–H and O–H groups in total. The fraction of sp³-hybridized carbons (Fsp3) is 0.571. The van der Waals surface area contributed by atoms with Gasteiger partial charge in [0.05, 0.1) is 12.6 Å². The molecule has 0 aliphatic heterocycles. The molecule has 0 aliphatic rings. The van der Waals surface area contributed by atoms with Gasteiger partial charge in [0, 0.05) is 13.5 Å². The number of rotatable bonds is 9. The van der Waals surface area contributed by atoms with Gasteiger partial charge in [-0.25, -0.2) is 8.78 Å². The van der Waals surface area contributed by atoms with Gasteiger partial charge in [0.15, 0.2) is 20.0 Å². The van der Waals surface area contributed by atoms with Gasteiger partial charge in [-0.3, -0.25) is 4.79 Å². The van der Waals surface area contributed by atoms with Gasteiger partial charge in [0.2, 0.25) is 5.91 Å². The van der Waals surface area contributed by atoms with Crippen LogP contribution in [0.4, 0.5) is 8.78 Å². The predicted octanol–water partition coefficient (Wildman–Crippen LogP) is 5.32. The van der Waals surface area contributed by atoms with Crippen LogP contribution in [0.1, 0.15) is 39.2 Å². The number of nitrogens with zero attached hydrogens (tertiary/aromatic N) is 1. The van der Waals surface area contributed by atoms with Crippen molar-refractivity contribution in [3.05, 3.63) is 48.1 Å². The molecule has 3 nitrogen and oxygen atoms in total. The lowest BCUT2D eigenvalue weighted by Gasteiger charge is -2.38. The second kappa shape index (κ2) is 9.60. The van der Waals surface area contributed by atoms with Crippen molar-refractivity contribution in [2.45, 2.75) is 64.2 Å². The number of likely N-dealkylation sites (N-methyl/N-ethyl adjacent to an activating group) is 1. The summed E-state index contributed by atoms with van der Waals surface area (Å²) in [6.07, 6.45) is 2.67.